The molecule has 3 N–H and O–H groups in total. The molecule has 1 aliphatic heterocycles. The highest BCUT2D eigenvalue weighted by Gasteiger charge is 2.22. The number of pyridine rings is 1. The van der Waals surface area contributed by atoms with E-state index in [9.17, 15) is 4.79 Å². The van der Waals surface area contributed by atoms with E-state index >= 15 is 0 Å². The highest BCUT2D eigenvalue weighted by atomic mass is 32.2. The summed E-state index contributed by atoms with van der Waals surface area (Å²) in [5, 5.41) is 2.84. The van der Waals surface area contributed by atoms with Crippen LogP contribution in [-0.2, 0) is 4.79 Å². The minimum Gasteiger partial charge on any atom is -0.384 e. The summed E-state index contributed by atoms with van der Waals surface area (Å²) < 4.78 is 0. The Balaban J connectivity index is 1.96. The molecule has 1 unspecified atom stereocenters. The topological polar surface area (TPSA) is 68.0 Å². The number of aromatic nitrogens is 1. The summed E-state index contributed by atoms with van der Waals surface area (Å²) >= 11 is 1.83. The summed E-state index contributed by atoms with van der Waals surface area (Å²) in [6, 6.07) is 3.45. The SMILES string of the molecule is Nc1ccc(NC(=O)C2CCSC2)cn1. The van der Waals surface area contributed by atoms with Gasteiger partial charge in [-0.05, 0) is 24.3 Å². The lowest BCUT2D eigenvalue weighted by atomic mass is 10.1. The number of thioether (sulfide) groups is 1. The van der Waals surface area contributed by atoms with Gasteiger partial charge in [0.1, 0.15) is 5.82 Å². The second-order valence-electron chi connectivity index (χ2n) is 3.52. The van der Waals surface area contributed by atoms with Crippen LogP contribution < -0.4 is 11.1 Å². The van der Waals surface area contributed by atoms with Crippen molar-refractivity contribution in [3.8, 4) is 0 Å². The molecular weight excluding hydrogens is 210 g/mol. The number of anilines is 2. The molecule has 2 heterocycles. The number of hydrogen-bond donors (Lipinski definition) is 2. The van der Waals surface area contributed by atoms with Gasteiger partial charge in [-0.2, -0.15) is 11.8 Å². The summed E-state index contributed by atoms with van der Waals surface area (Å²) in [5.41, 5.74) is 6.17. The van der Waals surface area contributed by atoms with E-state index in [1.807, 2.05) is 11.8 Å². The van der Waals surface area contributed by atoms with Crippen LogP contribution in [0.4, 0.5) is 11.5 Å². The summed E-state index contributed by atoms with van der Waals surface area (Å²) in [4.78, 5) is 15.6. The molecular formula is C10H13N3OS. The van der Waals surface area contributed by atoms with E-state index in [1.165, 1.54) is 0 Å². The van der Waals surface area contributed by atoms with E-state index in [2.05, 4.69) is 10.3 Å². The Morgan fingerprint density at radius 3 is 3.07 bits per heavy atom. The predicted octanol–water partition coefficient (Wildman–Crippen LogP) is 1.36. The molecule has 1 fully saturated rings. The van der Waals surface area contributed by atoms with Crippen molar-refractivity contribution < 1.29 is 4.79 Å². The molecule has 1 aromatic heterocycles. The van der Waals surface area contributed by atoms with Crippen LogP contribution in [0.25, 0.3) is 0 Å². The molecule has 1 atom stereocenters. The smallest absolute Gasteiger partial charge is 0.228 e. The lowest BCUT2D eigenvalue weighted by Crippen LogP contribution is -2.22. The van der Waals surface area contributed by atoms with Gasteiger partial charge in [-0.25, -0.2) is 4.98 Å². The van der Waals surface area contributed by atoms with E-state index in [1.54, 1.807) is 18.3 Å². The van der Waals surface area contributed by atoms with Crippen LogP contribution in [-0.4, -0.2) is 22.4 Å². The first kappa shape index (κ1) is 10.3. The van der Waals surface area contributed by atoms with E-state index in [0.717, 1.165) is 17.9 Å². The van der Waals surface area contributed by atoms with Crippen LogP contribution >= 0.6 is 11.8 Å². The number of amides is 1. The minimum atomic E-state index is 0.0894. The molecule has 15 heavy (non-hydrogen) atoms. The van der Waals surface area contributed by atoms with Gasteiger partial charge in [-0.1, -0.05) is 0 Å². The molecule has 5 heteroatoms. The van der Waals surface area contributed by atoms with Crippen LogP contribution in [0.1, 0.15) is 6.42 Å². The summed E-state index contributed by atoms with van der Waals surface area (Å²) in [7, 11) is 0. The van der Waals surface area contributed by atoms with Crippen molar-refractivity contribution in [2.45, 2.75) is 6.42 Å². The maximum atomic E-state index is 11.7. The Morgan fingerprint density at radius 1 is 1.60 bits per heavy atom. The van der Waals surface area contributed by atoms with Gasteiger partial charge in [-0.15, -0.1) is 0 Å². The largest absolute Gasteiger partial charge is 0.384 e. The van der Waals surface area contributed by atoms with Gasteiger partial charge >= 0.3 is 0 Å². The number of nitrogen functional groups attached to an aromatic ring is 1. The Morgan fingerprint density at radius 2 is 2.47 bits per heavy atom. The van der Waals surface area contributed by atoms with Crippen LogP contribution in [0.3, 0.4) is 0 Å². The standard InChI is InChI=1S/C10H13N3OS/c11-9-2-1-8(5-12-9)13-10(14)7-3-4-15-6-7/h1-2,5,7H,3-4,6H2,(H2,11,12)(H,13,14). The Bertz CT molecular complexity index is 346. The maximum Gasteiger partial charge on any atom is 0.228 e. The van der Waals surface area contributed by atoms with Crippen LogP contribution in [0.2, 0.25) is 0 Å². The van der Waals surface area contributed by atoms with Gasteiger partial charge in [0.15, 0.2) is 0 Å². The van der Waals surface area contributed by atoms with Gasteiger partial charge in [-0.3, -0.25) is 4.79 Å². The molecule has 80 valence electrons. The quantitative estimate of drug-likeness (QED) is 0.794. The molecule has 2 rings (SSSR count). The predicted molar refractivity (Wildman–Crippen MR) is 62.7 cm³/mol. The Hall–Kier alpha value is -1.23. The zero-order valence-corrected chi connectivity index (χ0v) is 9.09. The Labute approximate surface area is 92.6 Å². The third kappa shape index (κ3) is 2.62. The van der Waals surface area contributed by atoms with Gasteiger partial charge in [0, 0.05) is 11.7 Å². The average Bonchev–Trinajstić information content (AvgIpc) is 2.74. The molecule has 0 radical (unpaired) electrons. The van der Waals surface area contributed by atoms with Crippen LogP contribution in [0.5, 0.6) is 0 Å². The number of nitrogens with two attached hydrogens (primary N) is 1. The average molecular weight is 223 g/mol. The summed E-state index contributed by atoms with van der Waals surface area (Å²) in [5.74, 6) is 2.70. The Kier molecular flexibility index (Phi) is 3.11. The zero-order chi connectivity index (χ0) is 10.7. The molecule has 0 saturated carbocycles. The third-order valence-corrected chi connectivity index (χ3v) is 3.52. The molecule has 4 nitrogen and oxygen atoms in total. The lowest BCUT2D eigenvalue weighted by Gasteiger charge is -2.09. The van der Waals surface area contributed by atoms with Gasteiger partial charge in [0.25, 0.3) is 0 Å². The van der Waals surface area contributed by atoms with Crippen molar-refractivity contribution in [1.29, 1.82) is 0 Å². The molecule has 0 aliphatic carbocycles. The summed E-state index contributed by atoms with van der Waals surface area (Å²) in [6.45, 7) is 0. The second kappa shape index (κ2) is 4.53. The number of nitrogens with zero attached hydrogens (tertiary/aromatic N) is 1. The van der Waals surface area contributed by atoms with E-state index in [0.29, 0.717) is 11.5 Å². The second-order valence-corrected chi connectivity index (χ2v) is 4.67. The summed E-state index contributed by atoms with van der Waals surface area (Å²) in [6.07, 6.45) is 2.55. The van der Waals surface area contributed by atoms with Crippen molar-refractivity contribution in [3.05, 3.63) is 18.3 Å². The fourth-order valence-corrected chi connectivity index (χ4v) is 2.69. The van der Waals surface area contributed by atoms with E-state index < -0.39 is 0 Å². The first-order chi connectivity index (χ1) is 7.25. The normalized spacial score (nSPS) is 20.1. The number of carbonyl (C=O) groups is 1. The van der Waals surface area contributed by atoms with E-state index in [4.69, 9.17) is 5.73 Å². The van der Waals surface area contributed by atoms with Gasteiger partial charge in [0.05, 0.1) is 11.9 Å². The van der Waals surface area contributed by atoms with Crippen molar-refractivity contribution in [1.82, 2.24) is 4.98 Å². The molecule has 1 amide bonds. The number of rotatable bonds is 2. The number of hydrogen-bond acceptors (Lipinski definition) is 4. The highest BCUT2D eigenvalue weighted by Crippen LogP contribution is 2.24. The number of carbonyl (C=O) groups excluding carboxylic acids is 1. The molecule has 0 aromatic carbocycles. The van der Waals surface area contributed by atoms with Crippen molar-refractivity contribution in [2.75, 3.05) is 22.6 Å². The molecule has 1 saturated heterocycles. The maximum absolute atomic E-state index is 11.7. The molecule has 0 bridgehead atoms. The number of nitrogens with one attached hydrogen (secondary N) is 1. The lowest BCUT2D eigenvalue weighted by molar-refractivity contribution is -0.119. The minimum absolute atomic E-state index is 0.0894. The van der Waals surface area contributed by atoms with Crippen LogP contribution in [0, 0.1) is 5.92 Å². The molecule has 1 aromatic rings. The molecule has 0 spiro atoms. The monoisotopic (exact) mass is 223 g/mol. The van der Waals surface area contributed by atoms with Crippen molar-refractivity contribution in [3.63, 3.8) is 0 Å². The van der Waals surface area contributed by atoms with Crippen molar-refractivity contribution >= 4 is 29.2 Å². The first-order valence-corrected chi connectivity index (χ1v) is 6.01. The highest BCUT2D eigenvalue weighted by molar-refractivity contribution is 7.99. The third-order valence-electron chi connectivity index (χ3n) is 2.35. The molecule has 1 aliphatic rings. The fourth-order valence-electron chi connectivity index (χ4n) is 1.46. The van der Waals surface area contributed by atoms with Crippen molar-refractivity contribution in [2.24, 2.45) is 5.92 Å². The van der Waals surface area contributed by atoms with Crippen LogP contribution in [0.15, 0.2) is 18.3 Å². The van der Waals surface area contributed by atoms with Gasteiger partial charge in [0.2, 0.25) is 5.91 Å². The zero-order valence-electron chi connectivity index (χ0n) is 8.27. The fraction of sp³-hybridized carbons (Fsp3) is 0.400. The van der Waals surface area contributed by atoms with Gasteiger partial charge < -0.3 is 11.1 Å². The first-order valence-electron chi connectivity index (χ1n) is 4.86. The van der Waals surface area contributed by atoms with E-state index in [-0.39, 0.29) is 11.8 Å².